The molecular formula is C15H19N3O2. The maximum absolute atomic E-state index is 11.3. The minimum atomic E-state index is -0.849. The number of hydrogen-bond acceptors (Lipinski definition) is 4. The quantitative estimate of drug-likeness (QED) is 0.846. The lowest BCUT2D eigenvalue weighted by Crippen LogP contribution is -2.29. The van der Waals surface area contributed by atoms with Gasteiger partial charge < -0.3 is 10.4 Å². The lowest BCUT2D eigenvalue weighted by atomic mass is 10.1. The van der Waals surface area contributed by atoms with E-state index in [1.165, 1.54) is 6.33 Å². The van der Waals surface area contributed by atoms with Gasteiger partial charge in [0, 0.05) is 5.39 Å². The number of anilines is 1. The maximum atomic E-state index is 11.3. The van der Waals surface area contributed by atoms with Crippen LogP contribution in [0.15, 0.2) is 24.5 Å². The Bertz CT molecular complexity index is 613. The van der Waals surface area contributed by atoms with Crippen LogP contribution in [0.5, 0.6) is 0 Å². The van der Waals surface area contributed by atoms with Crippen molar-refractivity contribution in [3.05, 3.63) is 30.1 Å². The third-order valence-corrected chi connectivity index (χ3v) is 3.32. The van der Waals surface area contributed by atoms with Gasteiger partial charge in [-0.1, -0.05) is 31.9 Å². The van der Waals surface area contributed by atoms with Crippen LogP contribution in [0.2, 0.25) is 0 Å². The summed E-state index contributed by atoms with van der Waals surface area (Å²) in [6.45, 7) is 4.02. The fraction of sp³-hybridized carbons (Fsp3) is 0.400. The van der Waals surface area contributed by atoms with Crippen LogP contribution in [-0.2, 0) is 4.79 Å². The summed E-state index contributed by atoms with van der Waals surface area (Å²) in [4.78, 5) is 19.8. The molecule has 0 aliphatic carbocycles. The highest BCUT2D eigenvalue weighted by Gasteiger charge is 2.18. The van der Waals surface area contributed by atoms with Crippen molar-refractivity contribution in [3.8, 4) is 0 Å². The number of carbonyl (C=O) groups is 1. The van der Waals surface area contributed by atoms with Crippen LogP contribution < -0.4 is 5.32 Å². The molecule has 1 heterocycles. The smallest absolute Gasteiger partial charge is 0.326 e. The molecule has 1 atom stereocenters. The second kappa shape index (κ2) is 6.32. The highest BCUT2D eigenvalue weighted by atomic mass is 16.4. The van der Waals surface area contributed by atoms with Crippen molar-refractivity contribution < 1.29 is 9.90 Å². The van der Waals surface area contributed by atoms with Gasteiger partial charge in [-0.3, -0.25) is 0 Å². The van der Waals surface area contributed by atoms with Crippen LogP contribution in [0.3, 0.4) is 0 Å². The molecule has 2 N–H and O–H groups in total. The van der Waals surface area contributed by atoms with Crippen molar-refractivity contribution in [2.24, 2.45) is 0 Å². The van der Waals surface area contributed by atoms with E-state index < -0.39 is 12.0 Å². The molecule has 5 heteroatoms. The van der Waals surface area contributed by atoms with E-state index in [0.29, 0.717) is 12.2 Å². The molecule has 20 heavy (non-hydrogen) atoms. The number of hydrogen-bond donors (Lipinski definition) is 2. The number of aliphatic carboxylic acids is 1. The van der Waals surface area contributed by atoms with Crippen LogP contribution >= 0.6 is 0 Å². The van der Waals surface area contributed by atoms with Crippen molar-refractivity contribution in [2.45, 2.75) is 39.2 Å². The summed E-state index contributed by atoms with van der Waals surface area (Å²) in [6, 6.07) is 5.19. The highest BCUT2D eigenvalue weighted by Crippen LogP contribution is 2.22. The van der Waals surface area contributed by atoms with Gasteiger partial charge in [0.15, 0.2) is 0 Å². The lowest BCUT2D eigenvalue weighted by molar-refractivity contribution is -0.138. The summed E-state index contributed by atoms with van der Waals surface area (Å²) in [5.41, 5.74) is 1.90. The summed E-state index contributed by atoms with van der Waals surface area (Å²) < 4.78 is 0. The van der Waals surface area contributed by atoms with Crippen LogP contribution in [-0.4, -0.2) is 27.1 Å². The van der Waals surface area contributed by atoms with E-state index in [4.69, 9.17) is 0 Å². The first-order valence-electron chi connectivity index (χ1n) is 6.83. The number of carboxylic acid groups (broad SMARTS) is 1. The van der Waals surface area contributed by atoms with Gasteiger partial charge in [0.2, 0.25) is 0 Å². The predicted octanol–water partition coefficient (Wildman–Crippen LogP) is 2.99. The summed E-state index contributed by atoms with van der Waals surface area (Å²) in [6.07, 6.45) is 3.89. The van der Waals surface area contributed by atoms with Gasteiger partial charge >= 0.3 is 5.97 Å². The molecule has 0 aliphatic rings. The predicted molar refractivity (Wildman–Crippen MR) is 78.8 cm³/mol. The number of benzene rings is 1. The van der Waals surface area contributed by atoms with E-state index in [1.54, 1.807) is 0 Å². The Kier molecular flexibility index (Phi) is 4.50. The van der Waals surface area contributed by atoms with Gasteiger partial charge in [0.1, 0.15) is 18.2 Å². The van der Waals surface area contributed by atoms with Crippen molar-refractivity contribution in [3.63, 3.8) is 0 Å². The summed E-state index contributed by atoms with van der Waals surface area (Å²) in [5.74, 6) is -0.264. The molecule has 0 aliphatic heterocycles. The third-order valence-electron chi connectivity index (χ3n) is 3.32. The zero-order valence-electron chi connectivity index (χ0n) is 11.8. The molecule has 0 spiro atoms. The van der Waals surface area contributed by atoms with E-state index in [1.807, 2.05) is 32.0 Å². The fourth-order valence-corrected chi connectivity index (χ4v) is 2.18. The largest absolute Gasteiger partial charge is 0.480 e. The molecular weight excluding hydrogens is 254 g/mol. The molecule has 106 valence electrons. The van der Waals surface area contributed by atoms with Crippen molar-refractivity contribution >= 4 is 22.7 Å². The molecule has 2 aromatic rings. The van der Waals surface area contributed by atoms with Gasteiger partial charge in [-0.2, -0.15) is 0 Å². The highest BCUT2D eigenvalue weighted by molar-refractivity contribution is 5.92. The Morgan fingerprint density at radius 1 is 1.40 bits per heavy atom. The van der Waals surface area contributed by atoms with Gasteiger partial charge in [0.25, 0.3) is 0 Å². The molecule has 1 aromatic carbocycles. The molecule has 1 aromatic heterocycles. The van der Waals surface area contributed by atoms with Gasteiger partial charge in [-0.25, -0.2) is 14.8 Å². The van der Waals surface area contributed by atoms with Crippen LogP contribution in [0.4, 0.5) is 5.82 Å². The molecule has 0 radical (unpaired) electrons. The van der Waals surface area contributed by atoms with Gasteiger partial charge in [-0.15, -0.1) is 0 Å². The zero-order chi connectivity index (χ0) is 14.5. The normalized spacial score (nSPS) is 12.3. The minimum absolute atomic E-state index is 0.585. The zero-order valence-corrected chi connectivity index (χ0v) is 11.8. The summed E-state index contributed by atoms with van der Waals surface area (Å²) in [5, 5.41) is 13.2. The van der Waals surface area contributed by atoms with E-state index in [9.17, 15) is 9.90 Å². The Hall–Kier alpha value is -2.17. The van der Waals surface area contributed by atoms with Gasteiger partial charge in [0.05, 0.1) is 5.52 Å². The number of nitrogens with one attached hydrogen (secondary N) is 1. The molecule has 0 bridgehead atoms. The molecule has 0 fully saturated rings. The van der Waals surface area contributed by atoms with Crippen LogP contribution in [0.25, 0.3) is 10.9 Å². The SMILES string of the molecule is CCCCC(Nc1ncnc2c(C)cccc12)C(=O)O. The monoisotopic (exact) mass is 273 g/mol. The van der Waals surface area contributed by atoms with Gasteiger partial charge in [-0.05, 0) is 25.0 Å². The first-order valence-corrected chi connectivity index (χ1v) is 6.83. The van der Waals surface area contributed by atoms with E-state index in [0.717, 1.165) is 29.3 Å². The minimum Gasteiger partial charge on any atom is -0.480 e. The molecule has 0 amide bonds. The number of unbranched alkanes of at least 4 members (excludes halogenated alkanes) is 1. The Morgan fingerprint density at radius 2 is 2.20 bits per heavy atom. The lowest BCUT2D eigenvalue weighted by Gasteiger charge is -2.16. The average molecular weight is 273 g/mol. The van der Waals surface area contributed by atoms with E-state index >= 15 is 0 Å². The number of aromatic nitrogens is 2. The number of aryl methyl sites for hydroxylation is 1. The third kappa shape index (κ3) is 3.04. The number of nitrogens with zero attached hydrogens (tertiary/aromatic N) is 2. The number of rotatable bonds is 6. The number of carboxylic acids is 1. The Morgan fingerprint density at radius 3 is 2.90 bits per heavy atom. The average Bonchev–Trinajstić information content (AvgIpc) is 2.44. The Balaban J connectivity index is 2.32. The van der Waals surface area contributed by atoms with E-state index in [2.05, 4.69) is 15.3 Å². The van der Waals surface area contributed by atoms with Crippen LogP contribution in [0.1, 0.15) is 31.7 Å². The molecule has 1 unspecified atom stereocenters. The maximum Gasteiger partial charge on any atom is 0.326 e. The van der Waals surface area contributed by atoms with Crippen molar-refractivity contribution in [2.75, 3.05) is 5.32 Å². The molecule has 2 rings (SSSR count). The first-order chi connectivity index (χ1) is 9.63. The summed E-state index contributed by atoms with van der Waals surface area (Å²) in [7, 11) is 0. The Labute approximate surface area is 118 Å². The van der Waals surface area contributed by atoms with Crippen LogP contribution in [0, 0.1) is 6.92 Å². The standard InChI is InChI=1S/C15H19N3O2/c1-3-4-8-12(15(19)20)18-14-11-7-5-6-10(2)13(11)16-9-17-14/h5-7,9,12H,3-4,8H2,1-2H3,(H,19,20)(H,16,17,18). The fourth-order valence-electron chi connectivity index (χ4n) is 2.18. The first kappa shape index (κ1) is 14.2. The molecule has 0 saturated carbocycles. The second-order valence-corrected chi connectivity index (χ2v) is 4.87. The topological polar surface area (TPSA) is 75.1 Å². The molecule has 5 nitrogen and oxygen atoms in total. The molecule has 0 saturated heterocycles. The second-order valence-electron chi connectivity index (χ2n) is 4.87. The van der Waals surface area contributed by atoms with Crippen molar-refractivity contribution in [1.82, 2.24) is 9.97 Å². The number of fused-ring (bicyclic) bond motifs is 1. The summed E-state index contributed by atoms with van der Waals surface area (Å²) >= 11 is 0. The van der Waals surface area contributed by atoms with E-state index in [-0.39, 0.29) is 0 Å². The van der Waals surface area contributed by atoms with Crippen molar-refractivity contribution in [1.29, 1.82) is 0 Å². The number of para-hydroxylation sites is 1.